The second-order valence-corrected chi connectivity index (χ2v) is 7.47. The number of hydrogen-bond donors (Lipinski definition) is 0. The number of benzene rings is 1. The quantitative estimate of drug-likeness (QED) is 0.580. The van der Waals surface area contributed by atoms with Gasteiger partial charge >= 0.3 is 0 Å². The number of anilines is 1. The Hall–Kier alpha value is -2.57. The summed E-state index contributed by atoms with van der Waals surface area (Å²) < 4.78 is 10.8. The van der Waals surface area contributed by atoms with Crippen molar-refractivity contribution in [1.82, 2.24) is 4.90 Å². The van der Waals surface area contributed by atoms with E-state index in [4.69, 9.17) is 9.15 Å². The number of furan rings is 1. The van der Waals surface area contributed by atoms with Crippen molar-refractivity contribution in [3.8, 4) is 5.75 Å². The number of rotatable bonds is 8. The Kier molecular flexibility index (Phi) is 6.32. The third-order valence-corrected chi connectivity index (χ3v) is 5.07. The van der Waals surface area contributed by atoms with E-state index in [0.29, 0.717) is 19.6 Å². The zero-order chi connectivity index (χ0) is 19.2. The number of aryl methyl sites for hydroxylation is 1. The number of nitrogens with zero attached hydrogens (tertiary/aromatic N) is 2. The number of methoxy groups -OCH3 is 1. The van der Waals surface area contributed by atoms with Crippen LogP contribution in [0.5, 0.6) is 5.75 Å². The summed E-state index contributed by atoms with van der Waals surface area (Å²) in [6.07, 6.45) is 0. The van der Waals surface area contributed by atoms with Gasteiger partial charge in [-0.1, -0.05) is 6.07 Å². The molecule has 0 saturated carbocycles. The molecule has 0 radical (unpaired) electrons. The summed E-state index contributed by atoms with van der Waals surface area (Å²) in [4.78, 5) is 18.0. The normalized spacial score (nSPS) is 11.0. The van der Waals surface area contributed by atoms with Gasteiger partial charge < -0.3 is 14.1 Å². The molecule has 1 aromatic carbocycles. The molecule has 0 fully saturated rings. The van der Waals surface area contributed by atoms with E-state index in [1.807, 2.05) is 77.7 Å². The first-order chi connectivity index (χ1) is 13.0. The summed E-state index contributed by atoms with van der Waals surface area (Å²) in [6, 6.07) is 15.5. The molecule has 3 aromatic rings. The maximum Gasteiger partial charge on any atom is 0.241 e. The summed E-state index contributed by atoms with van der Waals surface area (Å²) in [6.45, 7) is 3.36. The highest BCUT2D eigenvalue weighted by molar-refractivity contribution is 7.09. The number of thiophene rings is 1. The van der Waals surface area contributed by atoms with Crippen LogP contribution < -0.4 is 9.64 Å². The molecule has 0 spiro atoms. The smallest absolute Gasteiger partial charge is 0.241 e. The van der Waals surface area contributed by atoms with Crippen molar-refractivity contribution < 1.29 is 13.9 Å². The lowest BCUT2D eigenvalue weighted by Gasteiger charge is -2.25. The van der Waals surface area contributed by atoms with E-state index < -0.39 is 0 Å². The molecule has 142 valence electrons. The number of carbonyl (C=O) groups is 1. The summed E-state index contributed by atoms with van der Waals surface area (Å²) in [5.74, 6) is 2.55. The Labute approximate surface area is 163 Å². The van der Waals surface area contributed by atoms with Gasteiger partial charge in [0.1, 0.15) is 17.3 Å². The molecule has 27 heavy (non-hydrogen) atoms. The van der Waals surface area contributed by atoms with Gasteiger partial charge in [-0.25, -0.2) is 0 Å². The molecule has 1 amide bonds. The molecule has 2 aromatic heterocycles. The third kappa shape index (κ3) is 5.21. The van der Waals surface area contributed by atoms with Crippen molar-refractivity contribution in [3.63, 3.8) is 0 Å². The highest BCUT2D eigenvalue weighted by atomic mass is 32.1. The van der Waals surface area contributed by atoms with Crippen molar-refractivity contribution in [2.45, 2.75) is 20.0 Å². The third-order valence-electron chi connectivity index (χ3n) is 4.21. The van der Waals surface area contributed by atoms with Crippen molar-refractivity contribution >= 4 is 22.9 Å². The van der Waals surface area contributed by atoms with E-state index in [1.165, 1.54) is 0 Å². The zero-order valence-corrected chi connectivity index (χ0v) is 16.7. The lowest BCUT2D eigenvalue weighted by molar-refractivity contribution is -0.119. The molecular weight excluding hydrogens is 360 g/mol. The van der Waals surface area contributed by atoms with Crippen LogP contribution in [-0.4, -0.2) is 31.5 Å². The molecule has 0 aliphatic rings. The van der Waals surface area contributed by atoms with Crippen LogP contribution in [0.2, 0.25) is 0 Å². The average Bonchev–Trinajstić information content (AvgIpc) is 3.31. The van der Waals surface area contributed by atoms with Gasteiger partial charge in [0.15, 0.2) is 0 Å². The van der Waals surface area contributed by atoms with Crippen molar-refractivity contribution in [3.05, 3.63) is 70.3 Å². The van der Waals surface area contributed by atoms with E-state index in [0.717, 1.165) is 27.8 Å². The van der Waals surface area contributed by atoms with Crippen LogP contribution in [0.15, 0.2) is 58.3 Å². The number of ether oxygens (including phenoxy) is 1. The van der Waals surface area contributed by atoms with E-state index in [1.54, 1.807) is 18.4 Å². The topological polar surface area (TPSA) is 45.9 Å². The molecule has 0 atom stereocenters. The first-order valence-corrected chi connectivity index (χ1v) is 9.64. The molecule has 6 heteroatoms. The fourth-order valence-corrected chi connectivity index (χ4v) is 3.54. The Morgan fingerprint density at radius 3 is 2.48 bits per heavy atom. The van der Waals surface area contributed by atoms with Crippen LogP contribution in [0.3, 0.4) is 0 Å². The number of likely N-dealkylation sites (N-methyl/N-ethyl adjacent to an activating group) is 1. The molecule has 5 nitrogen and oxygen atoms in total. The summed E-state index contributed by atoms with van der Waals surface area (Å²) in [7, 11) is 3.56. The molecule has 2 heterocycles. The van der Waals surface area contributed by atoms with Crippen LogP contribution >= 0.6 is 11.3 Å². The van der Waals surface area contributed by atoms with Gasteiger partial charge in [0.05, 0.1) is 26.7 Å². The molecule has 0 saturated heterocycles. The van der Waals surface area contributed by atoms with Gasteiger partial charge in [-0.3, -0.25) is 9.69 Å². The van der Waals surface area contributed by atoms with Gasteiger partial charge in [-0.2, -0.15) is 0 Å². The first-order valence-electron chi connectivity index (χ1n) is 8.76. The van der Waals surface area contributed by atoms with Gasteiger partial charge in [0.25, 0.3) is 0 Å². The summed E-state index contributed by atoms with van der Waals surface area (Å²) in [5.41, 5.74) is 0.858. The average molecular weight is 385 g/mol. The van der Waals surface area contributed by atoms with Crippen LogP contribution in [0.25, 0.3) is 0 Å². The second-order valence-electron chi connectivity index (χ2n) is 6.44. The van der Waals surface area contributed by atoms with Crippen LogP contribution in [0.4, 0.5) is 5.69 Å². The van der Waals surface area contributed by atoms with Gasteiger partial charge in [0, 0.05) is 10.6 Å². The monoisotopic (exact) mass is 384 g/mol. The van der Waals surface area contributed by atoms with Crippen molar-refractivity contribution in [2.24, 2.45) is 0 Å². The van der Waals surface area contributed by atoms with Gasteiger partial charge in [-0.05, 0) is 61.8 Å². The van der Waals surface area contributed by atoms with Crippen molar-refractivity contribution in [1.29, 1.82) is 0 Å². The predicted molar refractivity (Wildman–Crippen MR) is 108 cm³/mol. The lowest BCUT2D eigenvalue weighted by atomic mass is 10.2. The Morgan fingerprint density at radius 1 is 1.11 bits per heavy atom. The molecule has 3 rings (SSSR count). The minimum Gasteiger partial charge on any atom is -0.497 e. The maximum atomic E-state index is 13.1. The largest absolute Gasteiger partial charge is 0.497 e. The van der Waals surface area contributed by atoms with E-state index >= 15 is 0 Å². The fourth-order valence-electron chi connectivity index (χ4n) is 2.85. The van der Waals surface area contributed by atoms with Crippen LogP contribution in [0.1, 0.15) is 16.4 Å². The van der Waals surface area contributed by atoms with Crippen molar-refractivity contribution in [2.75, 3.05) is 25.6 Å². The molecule has 0 unspecified atom stereocenters. The van der Waals surface area contributed by atoms with Crippen LogP contribution in [-0.2, 0) is 17.9 Å². The maximum absolute atomic E-state index is 13.1. The molecule has 0 bridgehead atoms. The highest BCUT2D eigenvalue weighted by Crippen LogP contribution is 2.23. The van der Waals surface area contributed by atoms with E-state index in [9.17, 15) is 4.79 Å². The predicted octanol–water partition coefficient (Wildman–Crippen LogP) is 4.32. The molecule has 0 aliphatic heterocycles. The highest BCUT2D eigenvalue weighted by Gasteiger charge is 2.19. The SMILES string of the molecule is COc1ccc(N(Cc2cccs2)C(=O)CN(C)Cc2ccc(C)o2)cc1. The van der Waals surface area contributed by atoms with Gasteiger partial charge in [0.2, 0.25) is 5.91 Å². The van der Waals surface area contributed by atoms with E-state index in [-0.39, 0.29) is 5.91 Å². The molecule has 0 N–H and O–H groups in total. The Morgan fingerprint density at radius 2 is 1.89 bits per heavy atom. The minimum absolute atomic E-state index is 0.0411. The molecule has 0 aliphatic carbocycles. The summed E-state index contributed by atoms with van der Waals surface area (Å²) in [5, 5.41) is 2.03. The number of carbonyl (C=O) groups excluding carboxylic acids is 1. The molecular formula is C21H24N2O3S. The minimum atomic E-state index is 0.0411. The standard InChI is InChI=1S/C21H24N2O3S/c1-16-6-9-19(26-16)13-22(2)15-21(24)23(14-20-5-4-12-27-20)17-7-10-18(25-3)11-8-17/h4-12H,13-15H2,1-3H3. The van der Waals surface area contributed by atoms with E-state index in [2.05, 4.69) is 0 Å². The Bertz CT molecular complexity index is 856. The Balaban J connectivity index is 1.73. The number of hydrogen-bond acceptors (Lipinski definition) is 5. The zero-order valence-electron chi connectivity index (χ0n) is 15.8. The first kappa shape index (κ1) is 19.2. The fraction of sp³-hybridized carbons (Fsp3) is 0.286. The van der Waals surface area contributed by atoms with Crippen LogP contribution in [0, 0.1) is 6.92 Å². The second kappa shape index (κ2) is 8.88. The number of amides is 1. The van der Waals surface area contributed by atoms with Gasteiger partial charge in [-0.15, -0.1) is 11.3 Å². The summed E-state index contributed by atoms with van der Waals surface area (Å²) >= 11 is 1.65. The lowest BCUT2D eigenvalue weighted by Crippen LogP contribution is -2.38.